The Morgan fingerprint density at radius 1 is 1.21 bits per heavy atom. The van der Waals surface area contributed by atoms with Crippen molar-refractivity contribution >= 4 is 5.78 Å². The molecular weight excluding hydrogens is 176 g/mol. The molecule has 0 amide bonds. The summed E-state index contributed by atoms with van der Waals surface area (Å²) in [6.45, 7) is 0. The van der Waals surface area contributed by atoms with Crippen molar-refractivity contribution in [3.05, 3.63) is 29.8 Å². The van der Waals surface area contributed by atoms with Gasteiger partial charge in [-0.3, -0.25) is 4.79 Å². The Hall–Kier alpha value is -1.31. The van der Waals surface area contributed by atoms with E-state index in [4.69, 9.17) is 5.11 Å². The molecule has 14 heavy (non-hydrogen) atoms. The van der Waals surface area contributed by atoms with E-state index in [-0.39, 0.29) is 5.75 Å². The summed E-state index contributed by atoms with van der Waals surface area (Å²) in [7, 11) is 0. The molecule has 1 atom stereocenters. The van der Waals surface area contributed by atoms with Gasteiger partial charge in [-0.05, 0) is 36.5 Å². The average molecular weight is 190 g/mol. The van der Waals surface area contributed by atoms with Gasteiger partial charge in [-0.15, -0.1) is 0 Å². The van der Waals surface area contributed by atoms with E-state index in [9.17, 15) is 4.79 Å². The molecule has 1 aliphatic rings. The van der Waals surface area contributed by atoms with Crippen LogP contribution in [0.2, 0.25) is 0 Å². The summed E-state index contributed by atoms with van der Waals surface area (Å²) in [4.78, 5) is 11.3. The van der Waals surface area contributed by atoms with Gasteiger partial charge in [-0.2, -0.15) is 0 Å². The van der Waals surface area contributed by atoms with E-state index in [1.807, 2.05) is 12.1 Å². The Morgan fingerprint density at radius 3 is 2.57 bits per heavy atom. The van der Waals surface area contributed by atoms with E-state index >= 15 is 0 Å². The molecule has 1 saturated carbocycles. The number of phenolic OH excluding ortho intramolecular Hbond substituents is 1. The fraction of sp³-hybridized carbons (Fsp3) is 0.417. The summed E-state index contributed by atoms with van der Waals surface area (Å²) < 4.78 is 0. The molecule has 74 valence electrons. The fourth-order valence-electron chi connectivity index (χ4n) is 2.06. The van der Waals surface area contributed by atoms with Crippen LogP contribution in [0.1, 0.15) is 37.2 Å². The van der Waals surface area contributed by atoms with E-state index in [1.165, 1.54) is 5.56 Å². The van der Waals surface area contributed by atoms with Crippen molar-refractivity contribution in [2.45, 2.75) is 31.6 Å². The Kier molecular flexibility index (Phi) is 2.53. The van der Waals surface area contributed by atoms with E-state index in [1.54, 1.807) is 12.1 Å². The number of rotatable bonds is 1. The van der Waals surface area contributed by atoms with Crippen molar-refractivity contribution in [2.24, 2.45) is 0 Å². The zero-order valence-corrected chi connectivity index (χ0v) is 8.07. The first-order chi connectivity index (χ1) is 6.75. The molecule has 0 saturated heterocycles. The molecule has 0 aromatic heterocycles. The lowest BCUT2D eigenvalue weighted by Gasteiger charge is -2.20. The highest BCUT2D eigenvalue weighted by atomic mass is 16.3. The second-order valence-corrected chi connectivity index (χ2v) is 3.92. The lowest BCUT2D eigenvalue weighted by Crippen LogP contribution is -2.13. The van der Waals surface area contributed by atoms with Gasteiger partial charge in [0.2, 0.25) is 0 Å². The van der Waals surface area contributed by atoms with Crippen molar-refractivity contribution in [1.82, 2.24) is 0 Å². The van der Waals surface area contributed by atoms with Crippen molar-refractivity contribution in [2.75, 3.05) is 0 Å². The number of carbonyl (C=O) groups is 1. The smallest absolute Gasteiger partial charge is 0.133 e. The van der Waals surface area contributed by atoms with Gasteiger partial charge in [0.1, 0.15) is 11.5 Å². The third-order valence-corrected chi connectivity index (χ3v) is 2.85. The van der Waals surface area contributed by atoms with Gasteiger partial charge in [0.25, 0.3) is 0 Å². The van der Waals surface area contributed by atoms with Gasteiger partial charge in [0.05, 0.1) is 0 Å². The lowest BCUT2D eigenvalue weighted by atomic mass is 9.83. The van der Waals surface area contributed by atoms with Crippen molar-refractivity contribution < 1.29 is 9.90 Å². The van der Waals surface area contributed by atoms with Crippen LogP contribution in [0, 0.1) is 0 Å². The van der Waals surface area contributed by atoms with Crippen molar-refractivity contribution in [1.29, 1.82) is 0 Å². The number of Topliss-reactive ketones (excluding diaryl/α,β-unsaturated/α-hetero) is 1. The number of carbonyl (C=O) groups excluding carboxylic acids is 1. The summed E-state index contributed by atoms with van der Waals surface area (Å²) in [6.07, 6.45) is 3.51. The van der Waals surface area contributed by atoms with E-state index in [0.29, 0.717) is 18.1 Å². The van der Waals surface area contributed by atoms with Crippen LogP contribution < -0.4 is 0 Å². The first kappa shape index (κ1) is 9.25. The van der Waals surface area contributed by atoms with E-state index in [2.05, 4.69) is 0 Å². The third-order valence-electron chi connectivity index (χ3n) is 2.85. The average Bonchev–Trinajstić information content (AvgIpc) is 2.19. The molecule has 0 spiro atoms. The summed E-state index contributed by atoms with van der Waals surface area (Å²) in [5.41, 5.74) is 1.18. The lowest BCUT2D eigenvalue weighted by molar-refractivity contribution is -0.120. The van der Waals surface area contributed by atoms with Gasteiger partial charge in [0.15, 0.2) is 0 Å². The van der Waals surface area contributed by atoms with Crippen LogP contribution in [0.15, 0.2) is 24.3 Å². The molecular formula is C12H14O2. The fourth-order valence-corrected chi connectivity index (χ4v) is 2.06. The van der Waals surface area contributed by atoms with Crippen molar-refractivity contribution in [3.63, 3.8) is 0 Å². The summed E-state index contributed by atoms with van der Waals surface area (Å²) in [6, 6.07) is 7.21. The Labute approximate surface area is 83.6 Å². The molecule has 1 fully saturated rings. The second kappa shape index (κ2) is 3.82. The molecule has 1 aliphatic carbocycles. The molecule has 2 heteroatoms. The molecule has 1 aromatic rings. The normalized spacial score (nSPS) is 22.3. The minimum atomic E-state index is 0.288. The second-order valence-electron chi connectivity index (χ2n) is 3.92. The number of aromatic hydroxyl groups is 1. The zero-order valence-electron chi connectivity index (χ0n) is 8.07. The predicted molar refractivity (Wildman–Crippen MR) is 54.3 cm³/mol. The summed E-state index contributed by atoms with van der Waals surface area (Å²) in [5.74, 6) is 1.03. The maximum absolute atomic E-state index is 11.3. The van der Waals surface area contributed by atoms with Crippen LogP contribution in [-0.2, 0) is 4.79 Å². The quantitative estimate of drug-likeness (QED) is 0.739. The monoisotopic (exact) mass is 190 g/mol. The SMILES string of the molecule is O=C1CCCC(c2ccc(O)cc2)C1. The van der Waals surface area contributed by atoms with Crippen LogP contribution in [0.5, 0.6) is 5.75 Å². The molecule has 1 unspecified atom stereocenters. The minimum absolute atomic E-state index is 0.288. The number of ketones is 1. The summed E-state index contributed by atoms with van der Waals surface area (Å²) in [5, 5.41) is 9.14. The zero-order chi connectivity index (χ0) is 9.97. The number of hydrogen-bond acceptors (Lipinski definition) is 2. The van der Waals surface area contributed by atoms with Crippen LogP contribution in [0.4, 0.5) is 0 Å². The highest BCUT2D eigenvalue weighted by Gasteiger charge is 2.20. The maximum atomic E-state index is 11.3. The predicted octanol–water partition coefficient (Wildman–Crippen LogP) is 2.62. The van der Waals surface area contributed by atoms with Crippen LogP contribution in [0.3, 0.4) is 0 Å². The molecule has 0 radical (unpaired) electrons. The highest BCUT2D eigenvalue weighted by molar-refractivity contribution is 5.80. The number of phenols is 1. The molecule has 1 N–H and O–H groups in total. The Morgan fingerprint density at radius 2 is 1.93 bits per heavy atom. The number of hydrogen-bond donors (Lipinski definition) is 1. The third kappa shape index (κ3) is 1.95. The standard InChI is InChI=1S/C12H14O2/c13-11-6-4-9(5-7-11)10-2-1-3-12(14)8-10/h4-7,10,13H,1-3,8H2. The highest BCUT2D eigenvalue weighted by Crippen LogP contribution is 2.31. The van der Waals surface area contributed by atoms with Gasteiger partial charge >= 0.3 is 0 Å². The van der Waals surface area contributed by atoms with Crippen LogP contribution >= 0.6 is 0 Å². The summed E-state index contributed by atoms with van der Waals surface area (Å²) >= 11 is 0. The molecule has 2 nitrogen and oxygen atoms in total. The largest absolute Gasteiger partial charge is 0.508 e. The van der Waals surface area contributed by atoms with Gasteiger partial charge in [-0.25, -0.2) is 0 Å². The van der Waals surface area contributed by atoms with E-state index in [0.717, 1.165) is 19.3 Å². The molecule has 2 rings (SSSR count). The Balaban J connectivity index is 2.14. The number of benzene rings is 1. The molecule has 0 bridgehead atoms. The molecule has 0 aliphatic heterocycles. The van der Waals surface area contributed by atoms with Crippen molar-refractivity contribution in [3.8, 4) is 5.75 Å². The van der Waals surface area contributed by atoms with Gasteiger partial charge in [0, 0.05) is 12.8 Å². The maximum Gasteiger partial charge on any atom is 0.133 e. The van der Waals surface area contributed by atoms with Gasteiger partial charge in [-0.1, -0.05) is 12.1 Å². The van der Waals surface area contributed by atoms with E-state index < -0.39 is 0 Å². The van der Waals surface area contributed by atoms with Gasteiger partial charge < -0.3 is 5.11 Å². The minimum Gasteiger partial charge on any atom is -0.508 e. The van der Waals surface area contributed by atoms with Crippen LogP contribution in [-0.4, -0.2) is 10.9 Å². The molecule has 0 heterocycles. The first-order valence-electron chi connectivity index (χ1n) is 5.06. The topological polar surface area (TPSA) is 37.3 Å². The van der Waals surface area contributed by atoms with Crippen LogP contribution in [0.25, 0.3) is 0 Å². The first-order valence-corrected chi connectivity index (χ1v) is 5.06. The molecule has 1 aromatic carbocycles. The Bertz CT molecular complexity index is 327.